The van der Waals surface area contributed by atoms with Gasteiger partial charge in [-0.05, 0) is 56.9 Å². The summed E-state index contributed by atoms with van der Waals surface area (Å²) in [5, 5.41) is 17.8. The first kappa shape index (κ1) is 25.0. The summed E-state index contributed by atoms with van der Waals surface area (Å²) in [6.07, 6.45) is 5.48. The summed E-state index contributed by atoms with van der Waals surface area (Å²) in [6, 6.07) is 20.0. The summed E-state index contributed by atoms with van der Waals surface area (Å²) in [5.41, 5.74) is 11.2. The Bertz CT molecular complexity index is 1600. The zero-order valence-electron chi connectivity index (χ0n) is 21.6. The highest BCUT2D eigenvalue weighted by molar-refractivity contribution is 7.09. The molecule has 0 aliphatic heterocycles. The van der Waals surface area contributed by atoms with E-state index in [2.05, 4.69) is 25.9 Å². The molecule has 198 valence electrons. The molecular weight excluding hydrogens is 508 g/mol. The molecule has 5 aromatic rings. The highest BCUT2D eigenvalue weighted by Crippen LogP contribution is 2.28. The number of carbonyl (C=O) groups is 1. The third kappa shape index (κ3) is 5.62. The van der Waals surface area contributed by atoms with Gasteiger partial charge in [-0.25, -0.2) is 14.5 Å². The summed E-state index contributed by atoms with van der Waals surface area (Å²) in [4.78, 5) is 22.6. The van der Waals surface area contributed by atoms with Crippen LogP contribution in [0.15, 0.2) is 72.2 Å². The first-order valence-corrected chi connectivity index (χ1v) is 14.0. The molecule has 0 bridgehead atoms. The second kappa shape index (κ2) is 10.8. The second-order valence-electron chi connectivity index (χ2n) is 9.86. The fraction of sp³-hybridized carbons (Fsp3) is 0.241. The molecule has 1 fully saturated rings. The van der Waals surface area contributed by atoms with Crippen molar-refractivity contribution < 1.29 is 4.79 Å². The minimum absolute atomic E-state index is 0.260. The number of thiazole rings is 1. The molecule has 3 aromatic heterocycles. The molecule has 0 atom stereocenters. The van der Waals surface area contributed by atoms with Crippen LogP contribution in [0, 0.1) is 6.92 Å². The number of nitrogens with zero attached hydrogens (tertiary/aromatic N) is 4. The van der Waals surface area contributed by atoms with Gasteiger partial charge in [-0.1, -0.05) is 30.3 Å². The van der Waals surface area contributed by atoms with Gasteiger partial charge in [0.2, 0.25) is 0 Å². The van der Waals surface area contributed by atoms with E-state index in [1.165, 1.54) is 0 Å². The molecule has 0 unspecified atom stereocenters. The minimum Gasteiger partial charge on any atom is -0.366 e. The van der Waals surface area contributed by atoms with Crippen molar-refractivity contribution in [2.24, 2.45) is 5.73 Å². The van der Waals surface area contributed by atoms with E-state index >= 15 is 0 Å². The van der Waals surface area contributed by atoms with Gasteiger partial charge in [0.25, 0.3) is 5.91 Å². The van der Waals surface area contributed by atoms with Gasteiger partial charge in [0.1, 0.15) is 5.82 Å². The lowest BCUT2D eigenvalue weighted by Crippen LogP contribution is -2.33. The van der Waals surface area contributed by atoms with Crippen LogP contribution in [0.4, 0.5) is 22.9 Å². The van der Waals surface area contributed by atoms with Gasteiger partial charge in [-0.3, -0.25) is 4.79 Å². The van der Waals surface area contributed by atoms with Crippen LogP contribution in [0.25, 0.3) is 16.9 Å². The lowest BCUT2D eigenvalue weighted by Gasteiger charge is -2.27. The number of hydrogen-bond acceptors (Lipinski definition) is 8. The van der Waals surface area contributed by atoms with Crippen LogP contribution in [0.2, 0.25) is 0 Å². The van der Waals surface area contributed by atoms with Gasteiger partial charge >= 0.3 is 0 Å². The number of carbonyl (C=O) groups excluding carboxylic acids is 1. The van der Waals surface area contributed by atoms with Gasteiger partial charge in [-0.15, -0.1) is 16.4 Å². The number of anilines is 4. The molecule has 0 radical (unpaired) electrons. The molecule has 1 amide bonds. The van der Waals surface area contributed by atoms with E-state index in [9.17, 15) is 4.79 Å². The fourth-order valence-electron chi connectivity index (χ4n) is 4.88. The Morgan fingerprint density at radius 2 is 1.82 bits per heavy atom. The molecule has 1 aliphatic rings. The van der Waals surface area contributed by atoms with Crippen molar-refractivity contribution in [2.45, 2.75) is 44.7 Å². The van der Waals surface area contributed by atoms with Crippen LogP contribution >= 0.6 is 11.3 Å². The quantitative estimate of drug-likeness (QED) is 0.205. The maximum Gasteiger partial charge on any atom is 0.276 e. The number of hydrogen-bond donors (Lipinski definition) is 4. The van der Waals surface area contributed by atoms with E-state index in [-0.39, 0.29) is 18.0 Å². The minimum atomic E-state index is -0.298. The summed E-state index contributed by atoms with van der Waals surface area (Å²) in [7, 11) is 0. The topological polar surface area (TPSA) is 122 Å². The van der Waals surface area contributed by atoms with Gasteiger partial charge in [0, 0.05) is 40.5 Å². The van der Waals surface area contributed by atoms with Crippen molar-refractivity contribution in [3.63, 3.8) is 0 Å². The van der Waals surface area contributed by atoms with Crippen molar-refractivity contribution >= 4 is 45.8 Å². The van der Waals surface area contributed by atoms with E-state index < -0.39 is 0 Å². The van der Waals surface area contributed by atoms with E-state index in [0.29, 0.717) is 22.8 Å². The predicted octanol–water partition coefficient (Wildman–Crippen LogP) is 5.84. The van der Waals surface area contributed by atoms with Crippen molar-refractivity contribution in [3.8, 4) is 11.3 Å². The number of nitrogens with one attached hydrogen (secondary N) is 3. The summed E-state index contributed by atoms with van der Waals surface area (Å²) < 4.78 is 1.60. The van der Waals surface area contributed by atoms with Crippen LogP contribution in [0.3, 0.4) is 0 Å². The van der Waals surface area contributed by atoms with Crippen molar-refractivity contribution in [2.75, 3.05) is 16.0 Å². The van der Waals surface area contributed by atoms with E-state index in [1.54, 1.807) is 22.0 Å². The molecule has 0 saturated heterocycles. The zero-order chi connectivity index (χ0) is 26.8. The lowest BCUT2D eigenvalue weighted by atomic mass is 9.92. The number of nitrogens with two attached hydrogens (primary N) is 1. The molecule has 0 spiro atoms. The van der Waals surface area contributed by atoms with Gasteiger partial charge < -0.3 is 21.7 Å². The van der Waals surface area contributed by atoms with Crippen LogP contribution in [0.1, 0.15) is 41.2 Å². The SMILES string of the molecule is Cc1nc(-c2cccc(NC(=O)c3cnc4c(Nc5ccccc5)cc(N[C@H]5CC[C@H](N)CC5)nn34)c2)cs1. The normalized spacial score (nSPS) is 17.2. The third-order valence-electron chi connectivity index (χ3n) is 6.91. The van der Waals surface area contributed by atoms with Crippen molar-refractivity contribution in [3.05, 3.63) is 82.9 Å². The Kier molecular flexibility index (Phi) is 6.95. The van der Waals surface area contributed by atoms with E-state index in [4.69, 9.17) is 10.8 Å². The maximum absolute atomic E-state index is 13.5. The molecule has 5 N–H and O–H groups in total. The summed E-state index contributed by atoms with van der Waals surface area (Å²) >= 11 is 1.60. The summed E-state index contributed by atoms with van der Waals surface area (Å²) in [5.74, 6) is 0.377. The number of amides is 1. The molecule has 39 heavy (non-hydrogen) atoms. The Balaban J connectivity index is 1.31. The van der Waals surface area contributed by atoms with Crippen LogP contribution < -0.4 is 21.7 Å². The van der Waals surface area contributed by atoms with E-state index in [1.807, 2.05) is 73.0 Å². The van der Waals surface area contributed by atoms with Crippen LogP contribution in [0.5, 0.6) is 0 Å². The number of imidazole rings is 1. The highest BCUT2D eigenvalue weighted by Gasteiger charge is 2.21. The molecule has 3 heterocycles. The fourth-order valence-corrected chi connectivity index (χ4v) is 5.50. The Hall–Kier alpha value is -4.28. The number of fused-ring (bicyclic) bond motifs is 1. The number of aromatic nitrogens is 4. The maximum atomic E-state index is 13.5. The number of rotatable bonds is 7. The highest BCUT2D eigenvalue weighted by atomic mass is 32.1. The van der Waals surface area contributed by atoms with Gasteiger partial charge in [-0.2, -0.15) is 0 Å². The lowest BCUT2D eigenvalue weighted by molar-refractivity contribution is 0.102. The van der Waals surface area contributed by atoms with E-state index in [0.717, 1.165) is 53.3 Å². The standard InChI is InChI=1S/C29H30N8OS/c1-18-32-25(17-39-18)19-6-5-9-23(14-19)35-29(38)26-16-31-28-24(33-21-7-3-2-4-8-21)15-27(36-37(26)28)34-22-12-10-20(30)11-13-22/h2-9,14-17,20,22,33H,10-13,30H2,1H3,(H,34,36)(H,35,38)/t20-,22-. The average Bonchev–Trinajstić information content (AvgIpc) is 3.57. The summed E-state index contributed by atoms with van der Waals surface area (Å²) in [6.45, 7) is 1.98. The predicted molar refractivity (Wildman–Crippen MR) is 157 cm³/mol. The molecule has 6 rings (SSSR count). The molecule has 9 nitrogen and oxygen atoms in total. The Labute approximate surface area is 230 Å². The van der Waals surface area contributed by atoms with Crippen LogP contribution in [-0.2, 0) is 0 Å². The van der Waals surface area contributed by atoms with Gasteiger partial charge in [0.05, 0.1) is 22.6 Å². The first-order valence-electron chi connectivity index (χ1n) is 13.1. The molecule has 2 aromatic carbocycles. The average molecular weight is 539 g/mol. The molecule has 1 aliphatic carbocycles. The Morgan fingerprint density at radius 1 is 1.03 bits per heavy atom. The molecular formula is C29H30N8OS. The first-order chi connectivity index (χ1) is 19.0. The molecule has 1 saturated carbocycles. The van der Waals surface area contributed by atoms with Gasteiger partial charge in [0.15, 0.2) is 11.3 Å². The zero-order valence-corrected chi connectivity index (χ0v) is 22.4. The van der Waals surface area contributed by atoms with Crippen molar-refractivity contribution in [1.29, 1.82) is 0 Å². The van der Waals surface area contributed by atoms with Crippen LogP contribution in [-0.4, -0.2) is 37.6 Å². The third-order valence-corrected chi connectivity index (χ3v) is 7.69. The number of benzene rings is 2. The number of aryl methyl sites for hydroxylation is 1. The van der Waals surface area contributed by atoms with Crippen molar-refractivity contribution in [1.82, 2.24) is 19.6 Å². The second-order valence-corrected chi connectivity index (χ2v) is 10.9. The monoisotopic (exact) mass is 538 g/mol. The number of para-hydroxylation sites is 1. The smallest absolute Gasteiger partial charge is 0.276 e. The largest absolute Gasteiger partial charge is 0.366 e. The molecule has 10 heteroatoms. The Morgan fingerprint density at radius 3 is 2.59 bits per heavy atom.